The smallest absolute Gasteiger partial charge is 0.0424 e. The lowest BCUT2D eigenvalue weighted by molar-refractivity contribution is 0.548. The quantitative estimate of drug-likeness (QED) is 0.811. The van der Waals surface area contributed by atoms with Crippen LogP contribution in [-0.4, -0.2) is 6.04 Å². The Balaban J connectivity index is 1.87. The van der Waals surface area contributed by atoms with Crippen molar-refractivity contribution in [2.75, 3.05) is 0 Å². The van der Waals surface area contributed by atoms with Crippen molar-refractivity contribution in [2.45, 2.75) is 32.9 Å². The van der Waals surface area contributed by atoms with Crippen molar-refractivity contribution >= 4 is 34.5 Å². The average molecular weight is 314 g/mol. The van der Waals surface area contributed by atoms with E-state index in [-0.39, 0.29) is 0 Å². The molecule has 1 atom stereocenters. The monoisotopic (exact) mass is 313 g/mol. The van der Waals surface area contributed by atoms with Crippen LogP contribution in [-0.2, 0) is 13.0 Å². The van der Waals surface area contributed by atoms with Crippen molar-refractivity contribution < 1.29 is 0 Å². The highest BCUT2D eigenvalue weighted by molar-refractivity contribution is 7.11. The maximum atomic E-state index is 5.99. The molecule has 2 rings (SSSR count). The molecular formula is C15H17Cl2NS. The Labute approximate surface area is 128 Å². The van der Waals surface area contributed by atoms with E-state index in [1.54, 1.807) is 6.07 Å². The van der Waals surface area contributed by atoms with Crippen molar-refractivity contribution in [1.29, 1.82) is 0 Å². The third-order valence-electron chi connectivity index (χ3n) is 2.88. The van der Waals surface area contributed by atoms with E-state index in [4.69, 9.17) is 23.2 Å². The minimum Gasteiger partial charge on any atom is -0.310 e. The van der Waals surface area contributed by atoms with Crippen LogP contribution in [0.1, 0.15) is 22.2 Å². The van der Waals surface area contributed by atoms with E-state index in [0.29, 0.717) is 16.1 Å². The van der Waals surface area contributed by atoms with Gasteiger partial charge in [0.15, 0.2) is 0 Å². The number of hydrogen-bond donors (Lipinski definition) is 1. The number of nitrogens with one attached hydrogen (secondary N) is 1. The van der Waals surface area contributed by atoms with E-state index in [1.165, 1.54) is 9.75 Å². The summed E-state index contributed by atoms with van der Waals surface area (Å²) in [6.07, 6.45) is 1.05. The number of halogens is 2. The summed E-state index contributed by atoms with van der Waals surface area (Å²) in [6, 6.07) is 10.4. The maximum absolute atomic E-state index is 5.99. The molecule has 0 saturated carbocycles. The molecule has 1 unspecified atom stereocenters. The van der Waals surface area contributed by atoms with Crippen LogP contribution in [0.2, 0.25) is 10.0 Å². The maximum Gasteiger partial charge on any atom is 0.0424 e. The zero-order valence-corrected chi connectivity index (χ0v) is 13.4. The first kappa shape index (κ1) is 14.9. The predicted octanol–water partition coefficient (Wildman–Crippen LogP) is 5.08. The third kappa shape index (κ3) is 4.81. The molecule has 0 aliphatic heterocycles. The molecule has 1 aromatic carbocycles. The van der Waals surface area contributed by atoms with Gasteiger partial charge in [0.25, 0.3) is 0 Å². The lowest BCUT2D eigenvalue weighted by atomic mass is 10.1. The van der Waals surface area contributed by atoms with Crippen molar-refractivity contribution in [3.05, 3.63) is 55.7 Å². The van der Waals surface area contributed by atoms with Gasteiger partial charge < -0.3 is 5.32 Å². The molecule has 0 spiro atoms. The Morgan fingerprint density at radius 2 is 1.84 bits per heavy atom. The second-order valence-corrected chi connectivity index (χ2v) is 7.02. The highest BCUT2D eigenvalue weighted by Gasteiger charge is 2.06. The summed E-state index contributed by atoms with van der Waals surface area (Å²) < 4.78 is 0. The summed E-state index contributed by atoms with van der Waals surface area (Å²) in [5, 5.41) is 4.87. The SMILES string of the molecule is Cc1ccc(CC(C)NCc2cc(Cl)cc(Cl)c2)s1. The summed E-state index contributed by atoms with van der Waals surface area (Å²) in [6.45, 7) is 5.12. The second-order valence-electron chi connectivity index (χ2n) is 4.78. The lowest BCUT2D eigenvalue weighted by Crippen LogP contribution is -2.27. The van der Waals surface area contributed by atoms with Gasteiger partial charge in [-0.2, -0.15) is 0 Å². The Hall–Kier alpha value is -0.540. The highest BCUT2D eigenvalue weighted by Crippen LogP contribution is 2.20. The van der Waals surface area contributed by atoms with Crippen molar-refractivity contribution in [3.8, 4) is 0 Å². The van der Waals surface area contributed by atoms with E-state index >= 15 is 0 Å². The van der Waals surface area contributed by atoms with Gasteiger partial charge in [-0.25, -0.2) is 0 Å². The standard InChI is InChI=1S/C15H17Cl2NS/c1-10(5-15-4-3-11(2)19-15)18-9-12-6-13(16)8-14(17)7-12/h3-4,6-8,10,18H,5,9H2,1-2H3. The molecule has 1 aromatic heterocycles. The molecule has 102 valence electrons. The van der Waals surface area contributed by atoms with Crippen LogP contribution >= 0.6 is 34.5 Å². The summed E-state index contributed by atoms with van der Waals surface area (Å²) in [7, 11) is 0. The average Bonchev–Trinajstić information content (AvgIpc) is 2.71. The Kier molecular flexibility index (Phi) is 5.28. The number of benzene rings is 1. The minimum absolute atomic E-state index is 0.427. The summed E-state index contributed by atoms with van der Waals surface area (Å²) in [4.78, 5) is 2.78. The van der Waals surface area contributed by atoms with E-state index in [2.05, 4.69) is 31.3 Å². The summed E-state index contributed by atoms with van der Waals surface area (Å²) >= 11 is 13.8. The van der Waals surface area contributed by atoms with Gasteiger partial charge in [-0.3, -0.25) is 0 Å². The van der Waals surface area contributed by atoms with Gasteiger partial charge in [-0.05, 0) is 56.2 Å². The molecule has 0 saturated heterocycles. The van der Waals surface area contributed by atoms with Gasteiger partial charge in [0.05, 0.1) is 0 Å². The van der Waals surface area contributed by atoms with E-state index in [0.717, 1.165) is 18.5 Å². The molecule has 0 fully saturated rings. The summed E-state index contributed by atoms with van der Waals surface area (Å²) in [5.41, 5.74) is 1.12. The minimum atomic E-state index is 0.427. The Morgan fingerprint density at radius 1 is 1.16 bits per heavy atom. The first-order valence-corrected chi connectivity index (χ1v) is 7.84. The zero-order valence-electron chi connectivity index (χ0n) is 11.0. The molecule has 0 aliphatic carbocycles. The molecule has 1 nitrogen and oxygen atoms in total. The van der Waals surface area contributed by atoms with Gasteiger partial charge in [0, 0.05) is 32.4 Å². The number of aryl methyl sites for hydroxylation is 1. The van der Waals surface area contributed by atoms with E-state index in [9.17, 15) is 0 Å². The lowest BCUT2D eigenvalue weighted by Gasteiger charge is -2.13. The fourth-order valence-corrected chi connectivity index (χ4v) is 3.56. The van der Waals surface area contributed by atoms with Crippen molar-refractivity contribution in [1.82, 2.24) is 5.32 Å². The molecule has 19 heavy (non-hydrogen) atoms. The fraction of sp³-hybridized carbons (Fsp3) is 0.333. The normalized spacial score (nSPS) is 12.6. The molecule has 1 N–H and O–H groups in total. The van der Waals surface area contributed by atoms with Crippen molar-refractivity contribution in [3.63, 3.8) is 0 Å². The van der Waals surface area contributed by atoms with Crippen LogP contribution in [0.5, 0.6) is 0 Å². The molecule has 0 amide bonds. The van der Waals surface area contributed by atoms with Gasteiger partial charge in [0.2, 0.25) is 0 Å². The molecule has 4 heteroatoms. The number of hydrogen-bond acceptors (Lipinski definition) is 2. The van der Waals surface area contributed by atoms with Gasteiger partial charge >= 0.3 is 0 Å². The third-order valence-corrected chi connectivity index (χ3v) is 4.34. The second kappa shape index (κ2) is 6.76. The fourth-order valence-electron chi connectivity index (χ4n) is 1.97. The molecule has 0 aliphatic rings. The molecule has 2 aromatic rings. The van der Waals surface area contributed by atoms with Crippen LogP contribution in [0.15, 0.2) is 30.3 Å². The van der Waals surface area contributed by atoms with Gasteiger partial charge in [-0.1, -0.05) is 23.2 Å². The van der Waals surface area contributed by atoms with Gasteiger partial charge in [0.1, 0.15) is 0 Å². The van der Waals surface area contributed by atoms with Crippen molar-refractivity contribution in [2.24, 2.45) is 0 Å². The molecular weight excluding hydrogens is 297 g/mol. The topological polar surface area (TPSA) is 12.0 Å². The summed E-state index contributed by atoms with van der Waals surface area (Å²) in [5.74, 6) is 0. The van der Waals surface area contributed by atoms with Crippen LogP contribution < -0.4 is 5.32 Å². The first-order chi connectivity index (χ1) is 9.02. The van der Waals surface area contributed by atoms with Crippen LogP contribution in [0.25, 0.3) is 0 Å². The van der Waals surface area contributed by atoms with Crippen LogP contribution in [0, 0.1) is 6.92 Å². The van der Waals surface area contributed by atoms with Crippen LogP contribution in [0.3, 0.4) is 0 Å². The number of thiophene rings is 1. The van der Waals surface area contributed by atoms with E-state index in [1.807, 2.05) is 23.5 Å². The molecule has 0 bridgehead atoms. The first-order valence-electron chi connectivity index (χ1n) is 6.26. The van der Waals surface area contributed by atoms with Crippen LogP contribution in [0.4, 0.5) is 0 Å². The number of rotatable bonds is 5. The van der Waals surface area contributed by atoms with Gasteiger partial charge in [-0.15, -0.1) is 11.3 Å². The Bertz CT molecular complexity index is 531. The molecule has 1 heterocycles. The predicted molar refractivity (Wildman–Crippen MR) is 85.5 cm³/mol. The Morgan fingerprint density at radius 3 is 2.42 bits per heavy atom. The van der Waals surface area contributed by atoms with E-state index < -0.39 is 0 Å². The largest absolute Gasteiger partial charge is 0.310 e. The zero-order chi connectivity index (χ0) is 13.8. The highest BCUT2D eigenvalue weighted by atomic mass is 35.5. The molecule has 0 radical (unpaired) electrons.